The second-order valence-electron chi connectivity index (χ2n) is 11.3. The third-order valence-electron chi connectivity index (χ3n) is 7.06. The topological polar surface area (TPSA) is 126 Å². The van der Waals surface area contributed by atoms with Gasteiger partial charge in [0, 0.05) is 22.7 Å². The molecule has 2 aliphatic heterocycles. The Morgan fingerprint density at radius 2 is 1.85 bits per heavy atom. The fraction of sp³-hybridized carbons (Fsp3) is 0.500. The van der Waals surface area contributed by atoms with Crippen molar-refractivity contribution in [2.24, 2.45) is 21.9 Å². The summed E-state index contributed by atoms with van der Waals surface area (Å²) in [6, 6.07) is 7.54. The second-order valence-corrected chi connectivity index (χ2v) is 14.0. The molecule has 0 radical (unpaired) electrons. The van der Waals surface area contributed by atoms with Gasteiger partial charge in [0.1, 0.15) is 0 Å². The van der Waals surface area contributed by atoms with E-state index in [1.54, 1.807) is 0 Å². The lowest BCUT2D eigenvalue weighted by atomic mass is 9.92. The summed E-state index contributed by atoms with van der Waals surface area (Å²) in [5.41, 5.74) is 15.6. The lowest BCUT2D eigenvalue weighted by Gasteiger charge is -2.34. The van der Waals surface area contributed by atoms with Crippen LogP contribution in [-0.4, -0.2) is 44.2 Å². The number of benzene rings is 2. The van der Waals surface area contributed by atoms with E-state index in [0.29, 0.717) is 13.0 Å². The summed E-state index contributed by atoms with van der Waals surface area (Å²) >= 11 is 6.37. The zero-order chi connectivity index (χ0) is 28.8. The minimum atomic E-state index is -4.78. The Balaban J connectivity index is 1.63. The van der Waals surface area contributed by atoms with Crippen LogP contribution in [0.15, 0.2) is 46.3 Å². The number of sulfone groups is 1. The molecular weight excluding hydrogens is 553 g/mol. The maximum absolute atomic E-state index is 14.2. The zero-order valence-electron chi connectivity index (χ0n) is 22.1. The monoisotopic (exact) mass is 586 g/mol. The highest BCUT2D eigenvalue weighted by Gasteiger charge is 2.40. The first-order chi connectivity index (χ1) is 18.0. The van der Waals surface area contributed by atoms with Crippen molar-refractivity contribution >= 4 is 27.4 Å². The lowest BCUT2D eigenvalue weighted by molar-refractivity contribution is -0.137. The van der Waals surface area contributed by atoms with Gasteiger partial charge in [-0.2, -0.15) is 18.6 Å². The summed E-state index contributed by atoms with van der Waals surface area (Å²) in [6.45, 7) is 8.55. The largest absolute Gasteiger partial charge is 0.417 e. The summed E-state index contributed by atoms with van der Waals surface area (Å²) in [6.07, 6.45) is -2.52. The van der Waals surface area contributed by atoms with Crippen LogP contribution in [0.1, 0.15) is 51.2 Å². The van der Waals surface area contributed by atoms with Gasteiger partial charge >= 0.3 is 6.18 Å². The molecule has 13 heteroatoms. The number of likely N-dealkylation sites (tertiary alicyclic amines) is 1. The minimum absolute atomic E-state index is 0.0518. The lowest BCUT2D eigenvalue weighted by Crippen LogP contribution is -2.50. The van der Waals surface area contributed by atoms with E-state index in [4.69, 9.17) is 23.1 Å². The van der Waals surface area contributed by atoms with E-state index in [1.165, 1.54) is 30.3 Å². The zero-order valence-corrected chi connectivity index (χ0v) is 23.6. The fourth-order valence-corrected chi connectivity index (χ4v) is 6.97. The van der Waals surface area contributed by atoms with Gasteiger partial charge in [-0.05, 0) is 67.6 Å². The van der Waals surface area contributed by atoms with Crippen molar-refractivity contribution < 1.29 is 21.6 Å². The smallest absolute Gasteiger partial charge is 0.369 e. The first-order valence-corrected chi connectivity index (χ1v) is 14.6. The maximum atomic E-state index is 14.2. The number of alkyl halides is 3. The number of halogens is 4. The highest BCUT2D eigenvalue weighted by Crippen LogP contribution is 2.43. The third-order valence-corrected chi connectivity index (χ3v) is 9.55. The molecule has 2 aromatic carbocycles. The Labute approximate surface area is 231 Å². The Morgan fingerprint density at radius 3 is 2.41 bits per heavy atom. The average molecular weight is 587 g/mol. The fourth-order valence-electron chi connectivity index (χ4n) is 4.85. The molecule has 0 aliphatic carbocycles. The summed E-state index contributed by atoms with van der Waals surface area (Å²) in [7, 11) is -3.68. The standard InChI is InChI=1S/C26H34ClF3N6O2S/c1-24(2,3)10-12-36-11-4-5-19(15-36)39(37,38)18-8-6-16(7-9-18)22-20(25(28,29)30)13-17(14-21(22)27)26(32)33-23(31)34-35-26/h6-9,13-14,19,35H,4-5,10-12,15,32H2,1-3H3,(H3,31,33,34). The second kappa shape index (κ2) is 10.5. The van der Waals surface area contributed by atoms with E-state index >= 15 is 0 Å². The number of guanidine groups is 1. The number of hydrogen-bond acceptors (Lipinski definition) is 8. The molecule has 0 aromatic heterocycles. The summed E-state index contributed by atoms with van der Waals surface area (Å²) in [5, 5.41) is -0.795. The number of hydrazine groups is 1. The van der Waals surface area contributed by atoms with Crippen molar-refractivity contribution in [3.63, 3.8) is 0 Å². The van der Waals surface area contributed by atoms with Gasteiger partial charge in [-0.25, -0.2) is 13.4 Å². The number of nitrogens with two attached hydrogens (primary N) is 2. The Kier molecular flexibility index (Phi) is 8.01. The molecule has 2 heterocycles. The summed E-state index contributed by atoms with van der Waals surface area (Å²) in [5.74, 6) is -1.83. The number of piperidine rings is 1. The van der Waals surface area contributed by atoms with Crippen LogP contribution in [0, 0.1) is 5.41 Å². The molecule has 6 N–H and O–H groups in total. The molecule has 0 bridgehead atoms. The molecule has 8 nitrogen and oxygen atoms in total. The molecule has 0 spiro atoms. The summed E-state index contributed by atoms with van der Waals surface area (Å²) < 4.78 is 69.4. The molecule has 2 aromatic rings. The number of hydrogen-bond donors (Lipinski definition) is 4. The van der Waals surface area contributed by atoms with E-state index in [9.17, 15) is 21.6 Å². The van der Waals surface area contributed by atoms with Gasteiger partial charge in [0.05, 0.1) is 15.7 Å². The van der Waals surface area contributed by atoms with Crippen LogP contribution in [0.3, 0.4) is 0 Å². The Bertz CT molecular complexity index is 1360. The first kappa shape index (κ1) is 29.6. The number of nitrogens with zero attached hydrogens (tertiary/aromatic N) is 2. The Hall–Kier alpha value is -2.38. The molecule has 2 unspecified atom stereocenters. The normalized spacial score (nSPS) is 23.0. The van der Waals surface area contributed by atoms with Crippen LogP contribution in [0.5, 0.6) is 0 Å². The van der Waals surface area contributed by atoms with Gasteiger partial charge in [0.25, 0.3) is 0 Å². The van der Waals surface area contributed by atoms with Crippen LogP contribution in [-0.2, 0) is 21.8 Å². The molecule has 1 fully saturated rings. The van der Waals surface area contributed by atoms with Crippen molar-refractivity contribution in [1.29, 1.82) is 0 Å². The molecule has 2 atom stereocenters. The van der Waals surface area contributed by atoms with E-state index in [2.05, 4.69) is 41.5 Å². The number of rotatable bonds is 6. The highest BCUT2D eigenvalue weighted by atomic mass is 35.5. The van der Waals surface area contributed by atoms with Crippen molar-refractivity contribution in [2.75, 3.05) is 19.6 Å². The van der Waals surface area contributed by atoms with E-state index in [0.717, 1.165) is 32.0 Å². The molecule has 0 saturated carbocycles. The van der Waals surface area contributed by atoms with Crippen LogP contribution in [0.25, 0.3) is 11.1 Å². The minimum Gasteiger partial charge on any atom is -0.369 e. The van der Waals surface area contributed by atoms with Crippen molar-refractivity contribution in [1.82, 2.24) is 15.8 Å². The van der Waals surface area contributed by atoms with E-state index in [-0.39, 0.29) is 38.0 Å². The summed E-state index contributed by atoms with van der Waals surface area (Å²) in [4.78, 5) is 6.17. The predicted octanol–water partition coefficient (Wildman–Crippen LogP) is 4.19. The van der Waals surface area contributed by atoms with Crippen molar-refractivity contribution in [3.8, 4) is 11.1 Å². The SMILES string of the molecule is CC(C)(C)CCN1CCCC(S(=O)(=O)c2ccc(-c3c(Cl)cc(C4(N)N=C(N)NN4)cc3C(F)(F)F)cc2)C1. The maximum Gasteiger partial charge on any atom is 0.417 e. The quantitative estimate of drug-likeness (QED) is 0.400. The molecular formula is C26H34ClF3N6O2S. The first-order valence-electron chi connectivity index (χ1n) is 12.6. The third kappa shape index (κ3) is 6.51. The average Bonchev–Trinajstić information content (AvgIpc) is 3.21. The van der Waals surface area contributed by atoms with Crippen LogP contribution in [0.4, 0.5) is 13.2 Å². The Morgan fingerprint density at radius 1 is 1.18 bits per heavy atom. The van der Waals surface area contributed by atoms with Crippen LogP contribution >= 0.6 is 11.6 Å². The van der Waals surface area contributed by atoms with Gasteiger partial charge in [-0.3, -0.25) is 11.2 Å². The number of nitrogens with one attached hydrogen (secondary N) is 2. The van der Waals surface area contributed by atoms with Crippen molar-refractivity contribution in [2.45, 2.75) is 62.1 Å². The number of aliphatic imine (C=N–C) groups is 1. The molecule has 1 saturated heterocycles. The molecule has 214 valence electrons. The van der Waals surface area contributed by atoms with E-state index in [1.807, 2.05) is 0 Å². The van der Waals surface area contributed by atoms with Gasteiger partial charge in [0.15, 0.2) is 9.84 Å². The van der Waals surface area contributed by atoms with Gasteiger partial charge < -0.3 is 10.6 Å². The van der Waals surface area contributed by atoms with Crippen LogP contribution < -0.4 is 22.3 Å². The molecule has 0 amide bonds. The molecule has 39 heavy (non-hydrogen) atoms. The molecule has 2 aliphatic rings. The van der Waals surface area contributed by atoms with Crippen LogP contribution in [0.2, 0.25) is 5.02 Å². The highest BCUT2D eigenvalue weighted by molar-refractivity contribution is 7.92. The van der Waals surface area contributed by atoms with Gasteiger partial charge in [0.2, 0.25) is 11.7 Å². The van der Waals surface area contributed by atoms with Crippen molar-refractivity contribution in [3.05, 3.63) is 52.5 Å². The molecule has 4 rings (SSSR count). The van der Waals surface area contributed by atoms with E-state index < -0.39 is 32.6 Å². The van der Waals surface area contributed by atoms with Gasteiger partial charge in [-0.15, -0.1) is 0 Å². The predicted molar refractivity (Wildman–Crippen MR) is 146 cm³/mol. The van der Waals surface area contributed by atoms with Gasteiger partial charge in [-0.1, -0.05) is 44.5 Å².